The van der Waals surface area contributed by atoms with Crippen LogP contribution in [0.3, 0.4) is 0 Å². The van der Waals surface area contributed by atoms with E-state index in [1.807, 2.05) is 27.9 Å². The number of fused-ring (bicyclic) bond motifs is 6. The molecule has 3 aliphatic rings. The minimum atomic E-state index is -0.191. The van der Waals surface area contributed by atoms with Gasteiger partial charge in [0.15, 0.2) is 12.0 Å². The van der Waals surface area contributed by atoms with Gasteiger partial charge in [0.05, 0.1) is 17.5 Å². The van der Waals surface area contributed by atoms with Gasteiger partial charge in [-0.25, -0.2) is 20.0 Å². The van der Waals surface area contributed by atoms with Crippen molar-refractivity contribution >= 4 is 18.1 Å². The van der Waals surface area contributed by atoms with Gasteiger partial charge in [-0.1, -0.05) is 18.2 Å². The molecule has 0 N–H and O–H groups in total. The molecule has 0 radical (unpaired) electrons. The van der Waals surface area contributed by atoms with E-state index < -0.39 is 0 Å². The number of hydrogen-bond acceptors (Lipinski definition) is 8. The summed E-state index contributed by atoms with van der Waals surface area (Å²) >= 11 is 0. The van der Waals surface area contributed by atoms with Crippen molar-refractivity contribution in [3.8, 4) is 5.69 Å². The molecule has 0 aliphatic carbocycles. The maximum Gasteiger partial charge on any atom is 0.290 e. The van der Waals surface area contributed by atoms with Crippen LogP contribution in [-0.4, -0.2) is 31.6 Å². The van der Waals surface area contributed by atoms with E-state index in [0.717, 1.165) is 29.9 Å². The molecular weight excluding hydrogens is 358 g/mol. The van der Waals surface area contributed by atoms with Gasteiger partial charge < -0.3 is 9.26 Å². The third-order valence-electron chi connectivity index (χ3n) is 5.49. The molecule has 2 unspecified atom stereocenters. The Bertz CT molecular complexity index is 1090. The predicted octanol–water partition coefficient (Wildman–Crippen LogP) is 3.17. The van der Waals surface area contributed by atoms with Crippen LogP contribution in [0.25, 0.3) is 5.69 Å². The van der Waals surface area contributed by atoms with E-state index in [4.69, 9.17) is 14.3 Å². The summed E-state index contributed by atoms with van der Waals surface area (Å²) < 4.78 is 13.6. The Morgan fingerprint density at radius 2 is 2.11 bits per heavy atom. The summed E-state index contributed by atoms with van der Waals surface area (Å²) in [5.74, 6) is 1.83. The molecule has 142 valence electrons. The fraction of sp³-hybridized carbons (Fsp3) is 0.368. The lowest BCUT2D eigenvalue weighted by Crippen LogP contribution is -2.43. The number of aromatic nitrogens is 4. The number of para-hydroxylation sites is 1. The maximum absolute atomic E-state index is 6.03. The lowest BCUT2D eigenvalue weighted by molar-refractivity contribution is -0.0292. The van der Waals surface area contributed by atoms with Crippen LogP contribution in [0.1, 0.15) is 50.4 Å². The van der Waals surface area contributed by atoms with E-state index in [0.29, 0.717) is 11.8 Å². The summed E-state index contributed by atoms with van der Waals surface area (Å²) in [7, 11) is 0. The van der Waals surface area contributed by atoms with Crippen LogP contribution in [0.15, 0.2) is 46.3 Å². The van der Waals surface area contributed by atoms with E-state index in [-0.39, 0.29) is 17.9 Å². The first kappa shape index (κ1) is 15.8. The number of aliphatic imine (C=N–C) groups is 1. The molecule has 3 aliphatic heterocycles. The molecule has 3 aromatic rings. The van der Waals surface area contributed by atoms with Crippen LogP contribution in [0, 0.1) is 0 Å². The lowest BCUT2D eigenvalue weighted by Gasteiger charge is -2.35. The zero-order chi connectivity index (χ0) is 18.9. The minimum Gasteiger partial charge on any atom is -0.362 e. The van der Waals surface area contributed by atoms with Crippen molar-refractivity contribution < 1.29 is 9.26 Å². The zero-order valence-corrected chi connectivity index (χ0v) is 15.6. The average molecular weight is 377 g/mol. The summed E-state index contributed by atoms with van der Waals surface area (Å²) in [5.41, 5.74) is 2.00. The summed E-state index contributed by atoms with van der Waals surface area (Å²) in [5, 5.41) is 8.02. The molecule has 1 saturated heterocycles. The molecule has 0 spiro atoms. The molecule has 0 saturated carbocycles. The number of nitrogens with zero attached hydrogens (tertiary/aromatic N) is 7. The highest BCUT2D eigenvalue weighted by atomic mass is 16.5. The highest BCUT2D eigenvalue weighted by Gasteiger charge is 2.41. The molecule has 2 atom stereocenters. The van der Waals surface area contributed by atoms with Crippen molar-refractivity contribution in [2.24, 2.45) is 4.99 Å². The Labute approximate surface area is 161 Å². The first-order chi connectivity index (χ1) is 13.6. The monoisotopic (exact) mass is 377 g/mol. The SMILES string of the molecule is CC1(C)CCC(c2nc(N3C=NC4c5ccccc5-n5cncc5N43)no2)O1. The molecule has 9 nitrogen and oxygen atoms in total. The highest BCUT2D eigenvalue weighted by molar-refractivity contribution is 5.85. The topological polar surface area (TPSA) is 84.8 Å². The maximum atomic E-state index is 6.03. The standard InChI is InChI=1S/C19H19N7O2/c1-19(2)8-7-14(27-19)17-22-18(23-28-17)25-11-21-16-12-5-3-4-6-13(12)24-10-20-9-15(24)26(16)25/h3-6,9-11,14,16H,7-8H2,1-2H3. The van der Waals surface area contributed by atoms with Crippen LogP contribution in [0.2, 0.25) is 0 Å². The molecule has 0 amide bonds. The fourth-order valence-corrected chi connectivity index (χ4v) is 4.13. The second-order valence-corrected chi connectivity index (χ2v) is 7.85. The van der Waals surface area contributed by atoms with Crippen molar-refractivity contribution in [1.82, 2.24) is 19.7 Å². The summed E-state index contributed by atoms with van der Waals surface area (Å²) in [6.45, 7) is 4.16. The van der Waals surface area contributed by atoms with Crippen molar-refractivity contribution in [2.45, 2.75) is 44.6 Å². The Hall–Kier alpha value is -3.20. The van der Waals surface area contributed by atoms with Gasteiger partial charge in [0.1, 0.15) is 18.8 Å². The van der Waals surface area contributed by atoms with Crippen LogP contribution in [0.5, 0.6) is 0 Å². The van der Waals surface area contributed by atoms with Gasteiger partial charge in [-0.05, 0) is 37.9 Å². The van der Waals surface area contributed by atoms with E-state index in [1.165, 1.54) is 0 Å². The second-order valence-electron chi connectivity index (χ2n) is 7.85. The van der Waals surface area contributed by atoms with E-state index in [9.17, 15) is 0 Å². The van der Waals surface area contributed by atoms with Gasteiger partial charge in [0, 0.05) is 5.56 Å². The summed E-state index contributed by atoms with van der Waals surface area (Å²) in [6, 6.07) is 8.18. The largest absolute Gasteiger partial charge is 0.362 e. The van der Waals surface area contributed by atoms with Crippen LogP contribution >= 0.6 is 0 Å². The first-order valence-corrected chi connectivity index (χ1v) is 9.35. The molecule has 5 heterocycles. The number of benzene rings is 1. The van der Waals surface area contributed by atoms with Crippen molar-refractivity contribution in [3.05, 3.63) is 48.2 Å². The number of hydrazine groups is 1. The molecule has 28 heavy (non-hydrogen) atoms. The second kappa shape index (κ2) is 5.41. The van der Waals surface area contributed by atoms with Gasteiger partial charge in [0.2, 0.25) is 0 Å². The number of rotatable bonds is 2. The Balaban J connectivity index is 1.37. The van der Waals surface area contributed by atoms with Crippen molar-refractivity contribution in [3.63, 3.8) is 0 Å². The van der Waals surface area contributed by atoms with E-state index >= 15 is 0 Å². The van der Waals surface area contributed by atoms with E-state index in [2.05, 4.69) is 41.1 Å². The molecule has 2 aromatic heterocycles. The Morgan fingerprint density at radius 1 is 1.21 bits per heavy atom. The summed E-state index contributed by atoms with van der Waals surface area (Å²) in [4.78, 5) is 13.6. The fourth-order valence-electron chi connectivity index (χ4n) is 4.13. The van der Waals surface area contributed by atoms with Crippen LogP contribution in [0.4, 0.5) is 11.8 Å². The number of imidazole rings is 1. The van der Waals surface area contributed by atoms with Gasteiger partial charge in [-0.15, -0.1) is 0 Å². The Morgan fingerprint density at radius 3 is 2.96 bits per heavy atom. The molecular formula is C19H19N7O2. The molecule has 6 rings (SSSR count). The van der Waals surface area contributed by atoms with Crippen LogP contribution in [-0.2, 0) is 4.74 Å². The van der Waals surface area contributed by atoms with Gasteiger partial charge in [-0.2, -0.15) is 4.98 Å². The van der Waals surface area contributed by atoms with Crippen LogP contribution < -0.4 is 10.0 Å². The van der Waals surface area contributed by atoms with E-state index in [1.54, 1.807) is 17.7 Å². The quantitative estimate of drug-likeness (QED) is 0.678. The minimum absolute atomic E-state index is 0.164. The summed E-state index contributed by atoms with van der Waals surface area (Å²) in [6.07, 6.45) is 6.83. The number of ether oxygens (including phenoxy) is 1. The molecule has 1 fully saturated rings. The third kappa shape index (κ3) is 2.16. The van der Waals surface area contributed by atoms with Gasteiger partial charge >= 0.3 is 0 Å². The number of hydrogen-bond donors (Lipinski definition) is 0. The average Bonchev–Trinajstić information content (AvgIpc) is 3.46. The first-order valence-electron chi connectivity index (χ1n) is 9.35. The molecule has 9 heteroatoms. The van der Waals surface area contributed by atoms with Crippen molar-refractivity contribution in [1.29, 1.82) is 0 Å². The predicted molar refractivity (Wildman–Crippen MR) is 101 cm³/mol. The van der Waals surface area contributed by atoms with Crippen molar-refractivity contribution in [2.75, 3.05) is 10.0 Å². The smallest absolute Gasteiger partial charge is 0.290 e. The molecule has 0 bridgehead atoms. The van der Waals surface area contributed by atoms with Gasteiger partial charge in [0.25, 0.3) is 11.8 Å². The normalized spacial score (nSPS) is 24.4. The van der Waals surface area contributed by atoms with Gasteiger partial charge in [-0.3, -0.25) is 4.57 Å². The highest BCUT2D eigenvalue weighted by Crippen LogP contribution is 2.43. The number of anilines is 2. The lowest BCUT2D eigenvalue weighted by atomic mass is 10.1. The Kier molecular flexibility index (Phi) is 3.06. The zero-order valence-electron chi connectivity index (χ0n) is 15.6. The third-order valence-corrected chi connectivity index (χ3v) is 5.49. The molecule has 1 aromatic carbocycles.